The molecule has 23 heavy (non-hydrogen) atoms. The van der Waals surface area contributed by atoms with E-state index in [0.29, 0.717) is 29.6 Å². The first-order chi connectivity index (χ1) is 11.2. The predicted molar refractivity (Wildman–Crippen MR) is 89.1 cm³/mol. The first-order valence-corrected chi connectivity index (χ1v) is 7.67. The van der Waals surface area contributed by atoms with Crippen molar-refractivity contribution in [2.24, 2.45) is 0 Å². The number of nitrogens with one attached hydrogen (secondary N) is 1. The highest BCUT2D eigenvalue weighted by atomic mass is 16.5. The second-order valence-corrected chi connectivity index (χ2v) is 4.70. The fourth-order valence-electron chi connectivity index (χ4n) is 2.11. The maximum atomic E-state index is 12.0. The summed E-state index contributed by atoms with van der Waals surface area (Å²) in [6.45, 7) is 7.75. The lowest BCUT2D eigenvalue weighted by molar-refractivity contribution is 0.0527. The standard InChI is InChI=1S/C16H21N5O2/c1-4-21(5-2)16-19-14(11-17-20-16)18-13-10-8-7-9-12(13)15(22)23-6-3/h7-11H,4-6H2,1-3H3,(H,18,19,20). The summed E-state index contributed by atoms with van der Waals surface area (Å²) in [6.07, 6.45) is 1.52. The molecule has 0 spiro atoms. The van der Waals surface area contributed by atoms with Gasteiger partial charge in [-0.2, -0.15) is 10.1 Å². The quantitative estimate of drug-likeness (QED) is 0.787. The van der Waals surface area contributed by atoms with Crippen LogP contribution in [0.1, 0.15) is 31.1 Å². The number of carbonyl (C=O) groups excluding carboxylic acids is 1. The van der Waals surface area contributed by atoms with Crippen molar-refractivity contribution < 1.29 is 9.53 Å². The van der Waals surface area contributed by atoms with E-state index in [1.165, 1.54) is 6.20 Å². The SMILES string of the molecule is CCOC(=O)c1ccccc1Nc1cnnc(N(CC)CC)n1. The van der Waals surface area contributed by atoms with Gasteiger partial charge in [0.15, 0.2) is 5.82 Å². The molecule has 122 valence electrons. The van der Waals surface area contributed by atoms with Crippen molar-refractivity contribution in [2.75, 3.05) is 29.9 Å². The summed E-state index contributed by atoms with van der Waals surface area (Å²) >= 11 is 0. The maximum Gasteiger partial charge on any atom is 0.340 e. The van der Waals surface area contributed by atoms with Gasteiger partial charge in [0.2, 0.25) is 5.95 Å². The third kappa shape index (κ3) is 4.15. The highest BCUT2D eigenvalue weighted by molar-refractivity contribution is 5.96. The van der Waals surface area contributed by atoms with E-state index in [0.717, 1.165) is 13.1 Å². The van der Waals surface area contributed by atoms with Crippen molar-refractivity contribution in [3.05, 3.63) is 36.0 Å². The number of aromatic nitrogens is 3. The molecule has 0 aliphatic carbocycles. The first kappa shape index (κ1) is 16.7. The Balaban J connectivity index is 2.26. The second kappa shape index (κ2) is 8.07. The molecule has 0 unspecified atom stereocenters. The molecule has 0 amide bonds. The van der Waals surface area contributed by atoms with Crippen LogP contribution in [0.4, 0.5) is 17.5 Å². The van der Waals surface area contributed by atoms with Crippen LogP contribution < -0.4 is 10.2 Å². The summed E-state index contributed by atoms with van der Waals surface area (Å²) in [5, 5.41) is 11.1. The molecule has 1 aromatic carbocycles. The molecule has 0 saturated carbocycles. The Labute approximate surface area is 135 Å². The number of hydrogen-bond donors (Lipinski definition) is 1. The molecule has 0 aliphatic heterocycles. The van der Waals surface area contributed by atoms with Crippen LogP contribution in [-0.4, -0.2) is 40.8 Å². The number of rotatable bonds is 7. The van der Waals surface area contributed by atoms with Gasteiger partial charge in [0.05, 0.1) is 24.1 Å². The Morgan fingerprint density at radius 2 is 1.96 bits per heavy atom. The third-order valence-electron chi connectivity index (χ3n) is 3.28. The van der Waals surface area contributed by atoms with E-state index in [-0.39, 0.29) is 5.97 Å². The van der Waals surface area contributed by atoms with Crippen molar-refractivity contribution in [1.82, 2.24) is 15.2 Å². The molecule has 0 atom stereocenters. The maximum absolute atomic E-state index is 12.0. The van der Waals surface area contributed by atoms with Crippen LogP contribution in [0.3, 0.4) is 0 Å². The van der Waals surface area contributed by atoms with Crippen LogP contribution in [0.5, 0.6) is 0 Å². The van der Waals surface area contributed by atoms with Crippen LogP contribution in [0.15, 0.2) is 30.5 Å². The zero-order chi connectivity index (χ0) is 16.7. The van der Waals surface area contributed by atoms with Crippen molar-refractivity contribution in [1.29, 1.82) is 0 Å². The molecule has 0 aliphatic rings. The number of carbonyl (C=O) groups is 1. The minimum atomic E-state index is -0.374. The molecule has 1 aromatic heterocycles. The molecular formula is C16H21N5O2. The molecule has 0 fully saturated rings. The number of anilines is 3. The zero-order valence-corrected chi connectivity index (χ0v) is 13.6. The number of para-hydroxylation sites is 1. The van der Waals surface area contributed by atoms with Crippen LogP contribution in [0.25, 0.3) is 0 Å². The Kier molecular flexibility index (Phi) is 5.85. The number of ether oxygens (including phenoxy) is 1. The largest absolute Gasteiger partial charge is 0.462 e. The summed E-state index contributed by atoms with van der Waals surface area (Å²) in [6, 6.07) is 7.13. The van der Waals surface area contributed by atoms with Crippen LogP contribution in [0.2, 0.25) is 0 Å². The van der Waals surface area contributed by atoms with Gasteiger partial charge < -0.3 is 15.0 Å². The molecule has 0 radical (unpaired) electrons. The fraction of sp³-hybridized carbons (Fsp3) is 0.375. The minimum Gasteiger partial charge on any atom is -0.462 e. The Hall–Kier alpha value is -2.70. The smallest absolute Gasteiger partial charge is 0.340 e. The van der Waals surface area contributed by atoms with E-state index in [1.807, 2.05) is 24.8 Å². The Bertz CT molecular complexity index is 658. The van der Waals surface area contributed by atoms with E-state index in [1.54, 1.807) is 25.1 Å². The van der Waals surface area contributed by atoms with Gasteiger partial charge in [-0.15, -0.1) is 5.10 Å². The highest BCUT2D eigenvalue weighted by Gasteiger charge is 2.13. The van der Waals surface area contributed by atoms with Gasteiger partial charge in [-0.25, -0.2) is 4.79 Å². The van der Waals surface area contributed by atoms with E-state index >= 15 is 0 Å². The molecule has 7 heteroatoms. The van der Waals surface area contributed by atoms with Crippen LogP contribution >= 0.6 is 0 Å². The molecule has 1 N–H and O–H groups in total. The average Bonchev–Trinajstić information content (AvgIpc) is 2.57. The lowest BCUT2D eigenvalue weighted by Crippen LogP contribution is -2.24. The van der Waals surface area contributed by atoms with Crippen LogP contribution in [0, 0.1) is 0 Å². The molecule has 2 aromatic rings. The zero-order valence-electron chi connectivity index (χ0n) is 13.6. The Morgan fingerprint density at radius 1 is 1.22 bits per heavy atom. The van der Waals surface area contributed by atoms with Gasteiger partial charge in [0, 0.05) is 13.1 Å². The monoisotopic (exact) mass is 315 g/mol. The summed E-state index contributed by atoms with van der Waals surface area (Å²) < 4.78 is 5.07. The summed E-state index contributed by atoms with van der Waals surface area (Å²) in [5.74, 6) is 0.703. The second-order valence-electron chi connectivity index (χ2n) is 4.70. The van der Waals surface area contributed by atoms with Crippen molar-refractivity contribution in [3.63, 3.8) is 0 Å². The van der Waals surface area contributed by atoms with Gasteiger partial charge in [-0.1, -0.05) is 12.1 Å². The number of esters is 1. The lowest BCUT2D eigenvalue weighted by Gasteiger charge is -2.18. The first-order valence-electron chi connectivity index (χ1n) is 7.67. The normalized spacial score (nSPS) is 10.2. The third-order valence-corrected chi connectivity index (χ3v) is 3.28. The highest BCUT2D eigenvalue weighted by Crippen LogP contribution is 2.21. The van der Waals surface area contributed by atoms with Crippen molar-refractivity contribution >= 4 is 23.4 Å². The van der Waals surface area contributed by atoms with Gasteiger partial charge in [-0.05, 0) is 32.9 Å². The topological polar surface area (TPSA) is 80.2 Å². The summed E-state index contributed by atoms with van der Waals surface area (Å²) in [5.41, 5.74) is 1.08. The number of benzene rings is 1. The van der Waals surface area contributed by atoms with Crippen molar-refractivity contribution in [3.8, 4) is 0 Å². The Morgan fingerprint density at radius 3 is 2.65 bits per heavy atom. The fourth-order valence-corrected chi connectivity index (χ4v) is 2.11. The molecule has 0 saturated heterocycles. The van der Waals surface area contributed by atoms with Gasteiger partial charge >= 0.3 is 5.97 Å². The summed E-state index contributed by atoms with van der Waals surface area (Å²) in [7, 11) is 0. The van der Waals surface area contributed by atoms with E-state index < -0.39 is 0 Å². The van der Waals surface area contributed by atoms with Gasteiger partial charge in [0.25, 0.3) is 0 Å². The molecular weight excluding hydrogens is 294 g/mol. The molecule has 7 nitrogen and oxygen atoms in total. The van der Waals surface area contributed by atoms with E-state index in [4.69, 9.17) is 4.74 Å². The molecule has 0 bridgehead atoms. The lowest BCUT2D eigenvalue weighted by atomic mass is 10.2. The van der Waals surface area contributed by atoms with Crippen LogP contribution in [-0.2, 0) is 4.74 Å². The number of hydrogen-bond acceptors (Lipinski definition) is 7. The molecule has 2 rings (SSSR count). The molecule has 1 heterocycles. The van der Waals surface area contributed by atoms with E-state index in [2.05, 4.69) is 20.5 Å². The predicted octanol–water partition coefficient (Wildman–Crippen LogP) is 2.64. The van der Waals surface area contributed by atoms with Gasteiger partial charge in [-0.3, -0.25) is 0 Å². The number of nitrogens with zero attached hydrogens (tertiary/aromatic N) is 4. The van der Waals surface area contributed by atoms with E-state index in [9.17, 15) is 4.79 Å². The van der Waals surface area contributed by atoms with Crippen molar-refractivity contribution in [2.45, 2.75) is 20.8 Å². The summed E-state index contributed by atoms with van der Waals surface area (Å²) in [4.78, 5) is 18.4. The minimum absolute atomic E-state index is 0.328. The average molecular weight is 315 g/mol. The van der Waals surface area contributed by atoms with Gasteiger partial charge in [0.1, 0.15) is 0 Å².